The Kier molecular flexibility index (Phi) is 7.15. The molecule has 0 atom stereocenters. The highest BCUT2D eigenvalue weighted by molar-refractivity contribution is 6.30. The van der Waals surface area contributed by atoms with E-state index in [0.717, 1.165) is 60.8 Å². The van der Waals surface area contributed by atoms with Crippen LogP contribution in [0.25, 0.3) is 10.9 Å². The van der Waals surface area contributed by atoms with Gasteiger partial charge in [0.05, 0.1) is 5.52 Å². The molecule has 0 aliphatic heterocycles. The number of amides is 1. The lowest BCUT2D eigenvalue weighted by Gasteiger charge is -2.30. The van der Waals surface area contributed by atoms with Crippen molar-refractivity contribution in [2.45, 2.75) is 58.2 Å². The first-order valence-corrected chi connectivity index (χ1v) is 11.8. The molecule has 2 N–H and O–H groups in total. The van der Waals surface area contributed by atoms with Crippen molar-refractivity contribution in [3.63, 3.8) is 0 Å². The maximum absolute atomic E-state index is 11.3. The Morgan fingerprint density at radius 2 is 1.75 bits per heavy atom. The van der Waals surface area contributed by atoms with Crippen LogP contribution in [0.3, 0.4) is 0 Å². The number of aromatic nitrogens is 1. The van der Waals surface area contributed by atoms with E-state index in [-0.39, 0.29) is 5.91 Å². The molecule has 1 fully saturated rings. The van der Waals surface area contributed by atoms with Crippen molar-refractivity contribution in [1.82, 2.24) is 10.3 Å². The summed E-state index contributed by atoms with van der Waals surface area (Å²) < 4.78 is 0. The third kappa shape index (κ3) is 5.52. The number of carbonyl (C=O) groups excluding carboxylic acids is 1. The summed E-state index contributed by atoms with van der Waals surface area (Å²) >= 11 is 6.09. The Bertz CT molecular complexity index is 1060. The Balaban J connectivity index is 1.54. The number of hydrogen-bond acceptors (Lipinski definition) is 4. The Morgan fingerprint density at radius 1 is 1.06 bits per heavy atom. The summed E-state index contributed by atoms with van der Waals surface area (Å²) in [6.45, 7) is 5.46. The minimum Gasteiger partial charge on any atom is -0.367 e. The van der Waals surface area contributed by atoms with Gasteiger partial charge >= 0.3 is 0 Å². The molecule has 0 radical (unpaired) electrons. The summed E-state index contributed by atoms with van der Waals surface area (Å²) in [4.78, 5) is 18.6. The van der Waals surface area contributed by atoms with Crippen LogP contribution in [0, 0.1) is 0 Å². The predicted molar refractivity (Wildman–Crippen MR) is 133 cm³/mol. The van der Waals surface area contributed by atoms with Crippen LogP contribution in [-0.4, -0.2) is 29.5 Å². The summed E-state index contributed by atoms with van der Waals surface area (Å²) in [5.74, 6) is 0.984. The SMILES string of the molecule is CCN(Cc1cc(NC2CCC(NC(C)=O)CC2)nc2ccccc12)c1ccc(Cl)cc1. The second kappa shape index (κ2) is 10.2. The van der Waals surface area contributed by atoms with Crippen LogP contribution in [-0.2, 0) is 11.3 Å². The van der Waals surface area contributed by atoms with Crippen LogP contribution in [0.4, 0.5) is 11.5 Å². The van der Waals surface area contributed by atoms with Crippen molar-refractivity contribution >= 4 is 39.9 Å². The van der Waals surface area contributed by atoms with E-state index >= 15 is 0 Å². The zero-order chi connectivity index (χ0) is 22.5. The molecule has 5 nitrogen and oxygen atoms in total. The van der Waals surface area contributed by atoms with E-state index in [9.17, 15) is 4.79 Å². The van der Waals surface area contributed by atoms with Crippen LogP contribution in [0.15, 0.2) is 54.6 Å². The number of nitrogens with one attached hydrogen (secondary N) is 2. The molecule has 1 heterocycles. The zero-order valence-electron chi connectivity index (χ0n) is 18.8. The topological polar surface area (TPSA) is 57.3 Å². The van der Waals surface area contributed by atoms with E-state index in [2.05, 4.69) is 58.9 Å². The van der Waals surface area contributed by atoms with Gasteiger partial charge < -0.3 is 15.5 Å². The first kappa shape index (κ1) is 22.4. The largest absolute Gasteiger partial charge is 0.367 e. The van der Waals surface area contributed by atoms with Crippen LogP contribution in [0.2, 0.25) is 5.02 Å². The van der Waals surface area contributed by atoms with E-state index in [0.29, 0.717) is 12.1 Å². The first-order chi connectivity index (χ1) is 15.5. The van der Waals surface area contributed by atoms with E-state index in [1.54, 1.807) is 6.92 Å². The Morgan fingerprint density at radius 3 is 2.44 bits per heavy atom. The molecule has 1 amide bonds. The fourth-order valence-corrected chi connectivity index (χ4v) is 4.70. The molecule has 0 saturated heterocycles. The maximum Gasteiger partial charge on any atom is 0.217 e. The fourth-order valence-electron chi connectivity index (χ4n) is 4.57. The number of carbonyl (C=O) groups is 1. The zero-order valence-corrected chi connectivity index (χ0v) is 19.5. The summed E-state index contributed by atoms with van der Waals surface area (Å²) in [6.07, 6.45) is 4.05. The second-order valence-corrected chi connectivity index (χ2v) is 9.00. The number of fused-ring (bicyclic) bond motifs is 1. The Labute approximate surface area is 195 Å². The van der Waals surface area contributed by atoms with Gasteiger partial charge in [0.15, 0.2) is 0 Å². The van der Waals surface area contributed by atoms with Gasteiger partial charge in [-0.15, -0.1) is 0 Å². The molecule has 2 aromatic carbocycles. The first-order valence-electron chi connectivity index (χ1n) is 11.4. The third-order valence-corrected chi connectivity index (χ3v) is 6.48. The molecule has 1 aromatic heterocycles. The number of rotatable bonds is 7. The highest BCUT2D eigenvalue weighted by Gasteiger charge is 2.22. The second-order valence-electron chi connectivity index (χ2n) is 8.57. The van der Waals surface area contributed by atoms with Gasteiger partial charge in [-0.2, -0.15) is 0 Å². The number of halogens is 1. The molecule has 0 unspecified atom stereocenters. The van der Waals surface area contributed by atoms with Crippen molar-refractivity contribution < 1.29 is 4.79 Å². The minimum absolute atomic E-state index is 0.0587. The Hall–Kier alpha value is -2.79. The molecule has 168 valence electrons. The van der Waals surface area contributed by atoms with E-state index in [1.165, 1.54) is 10.9 Å². The van der Waals surface area contributed by atoms with Gasteiger partial charge in [-0.1, -0.05) is 29.8 Å². The van der Waals surface area contributed by atoms with Crippen LogP contribution < -0.4 is 15.5 Å². The molecule has 4 rings (SSSR count). The van der Waals surface area contributed by atoms with Crippen LogP contribution in [0.5, 0.6) is 0 Å². The van der Waals surface area contributed by atoms with E-state index in [4.69, 9.17) is 16.6 Å². The molecule has 32 heavy (non-hydrogen) atoms. The minimum atomic E-state index is 0.0587. The summed E-state index contributed by atoms with van der Waals surface area (Å²) in [5, 5.41) is 8.65. The molecule has 1 aliphatic carbocycles. The van der Waals surface area contributed by atoms with Crippen LogP contribution >= 0.6 is 11.6 Å². The van der Waals surface area contributed by atoms with Gasteiger partial charge in [0.2, 0.25) is 5.91 Å². The van der Waals surface area contributed by atoms with Crippen molar-refractivity contribution in [1.29, 1.82) is 0 Å². The van der Waals surface area contributed by atoms with Crippen molar-refractivity contribution in [3.05, 3.63) is 65.2 Å². The fraction of sp³-hybridized carbons (Fsp3) is 0.385. The van der Waals surface area contributed by atoms with Gasteiger partial charge in [0.1, 0.15) is 5.82 Å². The number of pyridine rings is 1. The average molecular weight is 451 g/mol. The van der Waals surface area contributed by atoms with Gasteiger partial charge in [-0.05, 0) is 74.6 Å². The van der Waals surface area contributed by atoms with E-state index < -0.39 is 0 Å². The lowest BCUT2D eigenvalue weighted by Crippen LogP contribution is -2.39. The number of nitrogens with zero attached hydrogens (tertiary/aromatic N) is 2. The van der Waals surface area contributed by atoms with E-state index in [1.807, 2.05) is 18.2 Å². The normalized spacial score (nSPS) is 18.3. The number of anilines is 2. The molecule has 1 saturated carbocycles. The van der Waals surface area contributed by atoms with Gasteiger partial charge in [0, 0.05) is 48.2 Å². The van der Waals surface area contributed by atoms with Gasteiger partial charge in [-0.3, -0.25) is 4.79 Å². The van der Waals surface area contributed by atoms with Crippen LogP contribution in [0.1, 0.15) is 45.1 Å². The summed E-state index contributed by atoms with van der Waals surface area (Å²) in [7, 11) is 0. The molecule has 1 aliphatic rings. The standard InChI is InChI=1S/C26H31ClN4O/c1-3-31(23-14-8-20(27)9-15-23)17-19-16-26(30-25-7-5-4-6-24(19)25)29-22-12-10-21(11-13-22)28-18(2)32/h4-9,14-16,21-22H,3,10-13,17H2,1-2H3,(H,28,32)(H,29,30). The van der Waals surface area contributed by atoms with Gasteiger partial charge in [-0.25, -0.2) is 4.98 Å². The summed E-state index contributed by atoms with van der Waals surface area (Å²) in [5.41, 5.74) is 3.41. The van der Waals surface area contributed by atoms with Crippen molar-refractivity contribution in [3.8, 4) is 0 Å². The smallest absolute Gasteiger partial charge is 0.217 e. The number of benzene rings is 2. The number of para-hydroxylation sites is 1. The third-order valence-electron chi connectivity index (χ3n) is 6.22. The average Bonchev–Trinajstić information content (AvgIpc) is 2.79. The molecule has 3 aromatic rings. The molecule has 0 spiro atoms. The lowest BCUT2D eigenvalue weighted by molar-refractivity contribution is -0.119. The molecule has 6 heteroatoms. The van der Waals surface area contributed by atoms with Crippen molar-refractivity contribution in [2.24, 2.45) is 0 Å². The maximum atomic E-state index is 11.3. The predicted octanol–water partition coefficient (Wildman–Crippen LogP) is 5.77. The highest BCUT2D eigenvalue weighted by atomic mass is 35.5. The molecule has 0 bridgehead atoms. The summed E-state index contributed by atoms with van der Waals surface area (Å²) in [6, 6.07) is 19.2. The van der Waals surface area contributed by atoms with Gasteiger partial charge in [0.25, 0.3) is 0 Å². The monoisotopic (exact) mass is 450 g/mol. The lowest BCUT2D eigenvalue weighted by atomic mass is 9.91. The highest BCUT2D eigenvalue weighted by Crippen LogP contribution is 2.27. The van der Waals surface area contributed by atoms with Crippen molar-refractivity contribution in [2.75, 3.05) is 16.8 Å². The quantitative estimate of drug-likeness (QED) is 0.479. The number of hydrogen-bond donors (Lipinski definition) is 2. The molecular weight excluding hydrogens is 420 g/mol. The molecular formula is C26H31ClN4O.